The van der Waals surface area contributed by atoms with Crippen LogP contribution < -0.4 is 5.43 Å². The van der Waals surface area contributed by atoms with Crippen molar-refractivity contribution < 1.29 is 4.79 Å². The van der Waals surface area contributed by atoms with Crippen molar-refractivity contribution in [3.05, 3.63) is 0 Å². The molecule has 0 saturated heterocycles. The Kier molecular flexibility index (Phi) is 4.51. The molecule has 3 heteroatoms. The Balaban J connectivity index is 2.92. The largest absolute Gasteiger partial charge is 0.277 e. The lowest BCUT2D eigenvalue weighted by Crippen LogP contribution is -1.99. The molecule has 0 aromatic heterocycles. The van der Waals surface area contributed by atoms with E-state index in [9.17, 15) is 4.79 Å². The Morgan fingerprint density at radius 3 is 3.00 bits per heavy atom. The number of nitrogens with one attached hydrogen (secondary N) is 1. The molecule has 0 radical (unpaired) electrons. The first kappa shape index (κ1) is 6.14. The topological polar surface area (TPSA) is 41.5 Å². The fourth-order valence-corrected chi connectivity index (χ4v) is 0.174. The van der Waals surface area contributed by atoms with Gasteiger partial charge in [-0.1, -0.05) is 6.92 Å². The lowest BCUT2D eigenvalue weighted by atomic mass is 10.6. The highest BCUT2D eigenvalue weighted by Crippen LogP contribution is 1.61. The SMILES string of the molecule is CCC=NNC=O. The summed E-state index contributed by atoms with van der Waals surface area (Å²) in [6.45, 7) is 1.94. The van der Waals surface area contributed by atoms with Crippen LogP contribution in [0.2, 0.25) is 0 Å². The van der Waals surface area contributed by atoms with E-state index in [0.29, 0.717) is 6.41 Å². The molecule has 0 bridgehead atoms. The van der Waals surface area contributed by atoms with E-state index in [1.54, 1.807) is 6.21 Å². The summed E-state index contributed by atoms with van der Waals surface area (Å²) >= 11 is 0. The second-order valence-corrected chi connectivity index (χ2v) is 0.967. The molecular formula is C4H8N2O. The van der Waals surface area contributed by atoms with Gasteiger partial charge in [-0.3, -0.25) is 10.2 Å². The average molecular weight is 100 g/mol. The molecular weight excluding hydrogens is 92.1 g/mol. The molecule has 3 nitrogen and oxygen atoms in total. The summed E-state index contributed by atoms with van der Waals surface area (Å²) < 4.78 is 0. The first-order valence-electron chi connectivity index (χ1n) is 2.12. The summed E-state index contributed by atoms with van der Waals surface area (Å²) in [6, 6.07) is 0. The van der Waals surface area contributed by atoms with Crippen LogP contribution in [-0.4, -0.2) is 12.6 Å². The van der Waals surface area contributed by atoms with Crippen molar-refractivity contribution in [3.63, 3.8) is 0 Å². The maximum Gasteiger partial charge on any atom is 0.227 e. The van der Waals surface area contributed by atoms with E-state index >= 15 is 0 Å². The number of nitrogens with zero attached hydrogens (tertiary/aromatic N) is 1. The highest BCUT2D eigenvalue weighted by atomic mass is 16.1. The van der Waals surface area contributed by atoms with Gasteiger partial charge in [0.1, 0.15) is 0 Å². The van der Waals surface area contributed by atoms with Crippen molar-refractivity contribution >= 4 is 12.6 Å². The van der Waals surface area contributed by atoms with Gasteiger partial charge >= 0.3 is 0 Å². The number of hydrogen-bond donors (Lipinski definition) is 1. The van der Waals surface area contributed by atoms with E-state index in [2.05, 4.69) is 10.5 Å². The zero-order valence-electron chi connectivity index (χ0n) is 4.22. The second kappa shape index (κ2) is 5.14. The van der Waals surface area contributed by atoms with Crippen molar-refractivity contribution in [1.82, 2.24) is 5.43 Å². The van der Waals surface area contributed by atoms with Gasteiger partial charge in [-0.2, -0.15) is 5.10 Å². The minimum absolute atomic E-state index is 0.534. The lowest BCUT2D eigenvalue weighted by molar-refractivity contribution is -0.109. The van der Waals surface area contributed by atoms with E-state index in [1.807, 2.05) is 6.92 Å². The van der Waals surface area contributed by atoms with Crippen molar-refractivity contribution in [2.45, 2.75) is 13.3 Å². The van der Waals surface area contributed by atoms with Gasteiger partial charge in [-0.15, -0.1) is 0 Å². The summed E-state index contributed by atoms with van der Waals surface area (Å²) in [5, 5.41) is 3.47. The van der Waals surface area contributed by atoms with Crippen LogP contribution in [0.15, 0.2) is 5.10 Å². The van der Waals surface area contributed by atoms with Crippen LogP contribution in [0.4, 0.5) is 0 Å². The van der Waals surface area contributed by atoms with Crippen LogP contribution in [-0.2, 0) is 4.79 Å². The third-order valence-electron chi connectivity index (χ3n) is 0.401. The van der Waals surface area contributed by atoms with Gasteiger partial charge in [0.25, 0.3) is 0 Å². The Bertz CT molecular complexity index is 70.1. The Morgan fingerprint density at radius 2 is 2.57 bits per heavy atom. The van der Waals surface area contributed by atoms with Crippen molar-refractivity contribution in [2.75, 3.05) is 0 Å². The van der Waals surface area contributed by atoms with Gasteiger partial charge in [0.15, 0.2) is 0 Å². The molecule has 0 aliphatic rings. The number of carbonyl (C=O) groups excluding carboxylic acids is 1. The summed E-state index contributed by atoms with van der Waals surface area (Å²) in [7, 11) is 0. The van der Waals surface area contributed by atoms with Crippen molar-refractivity contribution in [3.8, 4) is 0 Å². The molecule has 40 valence electrons. The number of rotatable bonds is 3. The molecule has 0 unspecified atom stereocenters. The summed E-state index contributed by atoms with van der Waals surface area (Å²) in [4.78, 5) is 9.45. The van der Waals surface area contributed by atoms with Gasteiger partial charge in [0, 0.05) is 6.21 Å². The van der Waals surface area contributed by atoms with E-state index in [1.165, 1.54) is 0 Å². The maximum atomic E-state index is 9.45. The highest BCUT2D eigenvalue weighted by Gasteiger charge is 1.62. The number of hydrazone groups is 1. The van der Waals surface area contributed by atoms with Gasteiger partial charge < -0.3 is 0 Å². The predicted octanol–water partition coefficient (Wildman–Crippen LogP) is 0.128. The van der Waals surface area contributed by atoms with Gasteiger partial charge in [0.05, 0.1) is 0 Å². The fourth-order valence-electron chi connectivity index (χ4n) is 0.174. The van der Waals surface area contributed by atoms with Crippen molar-refractivity contribution in [2.24, 2.45) is 5.10 Å². The Labute approximate surface area is 42.4 Å². The number of hydrogen-bond acceptors (Lipinski definition) is 2. The molecule has 0 heterocycles. The van der Waals surface area contributed by atoms with E-state index in [-0.39, 0.29) is 0 Å². The number of amides is 1. The molecule has 0 atom stereocenters. The minimum Gasteiger partial charge on any atom is -0.277 e. The third kappa shape index (κ3) is 5.14. The van der Waals surface area contributed by atoms with Crippen LogP contribution in [0, 0.1) is 0 Å². The van der Waals surface area contributed by atoms with E-state index in [0.717, 1.165) is 6.42 Å². The zero-order chi connectivity index (χ0) is 5.54. The van der Waals surface area contributed by atoms with E-state index in [4.69, 9.17) is 0 Å². The van der Waals surface area contributed by atoms with Crippen LogP contribution in [0.25, 0.3) is 0 Å². The van der Waals surface area contributed by atoms with Crippen LogP contribution in [0.5, 0.6) is 0 Å². The zero-order valence-corrected chi connectivity index (χ0v) is 4.22. The number of carbonyl (C=O) groups is 1. The molecule has 0 aromatic rings. The third-order valence-corrected chi connectivity index (χ3v) is 0.401. The quantitative estimate of drug-likeness (QED) is 0.305. The molecule has 0 rings (SSSR count). The standard InChI is InChI=1S/C4H8N2O/c1-2-3-5-6-4-7/h3-4H,2H2,1H3,(H,6,7). The molecule has 1 amide bonds. The highest BCUT2D eigenvalue weighted by molar-refractivity contribution is 5.58. The summed E-state index contributed by atoms with van der Waals surface area (Å²) in [5.74, 6) is 0. The molecule has 7 heavy (non-hydrogen) atoms. The van der Waals surface area contributed by atoms with Crippen molar-refractivity contribution in [1.29, 1.82) is 0 Å². The smallest absolute Gasteiger partial charge is 0.227 e. The summed E-state index contributed by atoms with van der Waals surface area (Å²) in [6.07, 6.45) is 3.00. The monoisotopic (exact) mass is 100 g/mol. The van der Waals surface area contributed by atoms with Gasteiger partial charge in [-0.25, -0.2) is 0 Å². The minimum atomic E-state index is 0.534. The van der Waals surface area contributed by atoms with Crippen LogP contribution >= 0.6 is 0 Å². The fraction of sp³-hybridized carbons (Fsp3) is 0.500. The first-order valence-corrected chi connectivity index (χ1v) is 2.12. The second-order valence-electron chi connectivity index (χ2n) is 0.967. The van der Waals surface area contributed by atoms with E-state index < -0.39 is 0 Å². The molecule has 0 aromatic carbocycles. The molecule has 0 saturated carbocycles. The lowest BCUT2D eigenvalue weighted by Gasteiger charge is -1.78. The average Bonchev–Trinajstić information content (AvgIpc) is 1.69. The Morgan fingerprint density at radius 1 is 1.86 bits per heavy atom. The molecule has 0 aliphatic carbocycles. The maximum absolute atomic E-state index is 9.45. The first-order chi connectivity index (χ1) is 3.41. The van der Waals surface area contributed by atoms with Gasteiger partial charge in [-0.05, 0) is 6.42 Å². The van der Waals surface area contributed by atoms with Crippen LogP contribution in [0.3, 0.4) is 0 Å². The van der Waals surface area contributed by atoms with Gasteiger partial charge in [0.2, 0.25) is 6.41 Å². The molecule has 0 spiro atoms. The summed E-state index contributed by atoms with van der Waals surface area (Å²) in [5.41, 5.74) is 2.14. The molecule has 0 aliphatic heterocycles. The normalized spacial score (nSPS) is 9.29. The molecule has 0 fully saturated rings. The molecule has 1 N–H and O–H groups in total. The van der Waals surface area contributed by atoms with Crippen LogP contribution in [0.1, 0.15) is 13.3 Å². The predicted molar refractivity (Wildman–Crippen MR) is 28.0 cm³/mol. The Hall–Kier alpha value is -0.860.